The van der Waals surface area contributed by atoms with Crippen LogP contribution in [0.25, 0.3) is 0 Å². The van der Waals surface area contributed by atoms with Crippen LogP contribution in [0.2, 0.25) is 0 Å². The van der Waals surface area contributed by atoms with E-state index in [1.54, 1.807) is 11.8 Å². The summed E-state index contributed by atoms with van der Waals surface area (Å²) in [7, 11) is 1.95. The topological polar surface area (TPSA) is 72.7 Å². The lowest BCUT2D eigenvalue weighted by Crippen LogP contribution is -2.25. The van der Waals surface area contributed by atoms with Crippen LogP contribution in [0.5, 0.6) is 0 Å². The zero-order chi connectivity index (χ0) is 21.0. The fourth-order valence-electron chi connectivity index (χ4n) is 2.52. The Kier molecular flexibility index (Phi) is 7.37. The minimum Gasteiger partial charge on any atom is -0.308 e. The van der Waals surface area contributed by atoms with Crippen LogP contribution in [0.3, 0.4) is 0 Å². The van der Waals surface area contributed by atoms with Crippen LogP contribution in [0.15, 0.2) is 34.3 Å². The first-order chi connectivity index (χ1) is 13.9. The summed E-state index contributed by atoms with van der Waals surface area (Å²) in [5, 5.41) is 12.7. The molecule has 1 unspecified atom stereocenters. The number of anilines is 1. The number of carbonyl (C=O) groups is 1. The number of carbonyl (C=O) groups excluding carboxylic acids is 1. The molecule has 0 saturated heterocycles. The van der Waals surface area contributed by atoms with Crippen molar-refractivity contribution in [2.75, 3.05) is 5.32 Å². The molecule has 3 rings (SSSR count). The minimum atomic E-state index is -0.250. The summed E-state index contributed by atoms with van der Waals surface area (Å²) < 4.78 is 1.97. The number of nitrogens with one attached hydrogen (secondary N) is 1. The van der Waals surface area contributed by atoms with Gasteiger partial charge in [-0.2, -0.15) is 0 Å². The van der Waals surface area contributed by atoms with Gasteiger partial charge in [0.1, 0.15) is 5.82 Å². The zero-order valence-electron chi connectivity index (χ0n) is 17.2. The minimum absolute atomic E-state index is 0.0511. The molecule has 29 heavy (non-hydrogen) atoms. The number of amides is 1. The number of hydrogen-bond acceptors (Lipinski definition) is 7. The van der Waals surface area contributed by atoms with E-state index in [9.17, 15) is 4.79 Å². The Balaban J connectivity index is 1.62. The number of aromatic nitrogens is 4. The summed E-state index contributed by atoms with van der Waals surface area (Å²) in [5.74, 6) is 1.57. The molecule has 0 aliphatic heterocycles. The average Bonchev–Trinajstić information content (AvgIpc) is 3.20. The lowest BCUT2D eigenvalue weighted by Gasteiger charge is -2.13. The Bertz CT molecular complexity index is 961. The Morgan fingerprint density at radius 2 is 1.93 bits per heavy atom. The smallest absolute Gasteiger partial charge is 0.239 e. The quantitative estimate of drug-likeness (QED) is 0.490. The third-order valence-electron chi connectivity index (χ3n) is 4.48. The van der Waals surface area contributed by atoms with Crippen LogP contribution in [0.4, 0.5) is 5.13 Å². The summed E-state index contributed by atoms with van der Waals surface area (Å²) in [6.45, 7) is 8.03. The molecule has 2 aromatic heterocycles. The molecular formula is C20H25N5OS3. The van der Waals surface area contributed by atoms with Crippen LogP contribution >= 0.6 is 34.9 Å². The predicted molar refractivity (Wildman–Crippen MR) is 122 cm³/mol. The molecule has 0 saturated carbocycles. The van der Waals surface area contributed by atoms with E-state index in [2.05, 4.69) is 51.7 Å². The number of nitrogens with zero attached hydrogens (tertiary/aromatic N) is 4. The van der Waals surface area contributed by atoms with E-state index in [0.717, 1.165) is 27.3 Å². The number of aryl methyl sites for hydroxylation is 3. The van der Waals surface area contributed by atoms with Gasteiger partial charge in [-0.15, -0.1) is 33.3 Å². The van der Waals surface area contributed by atoms with Crippen molar-refractivity contribution in [2.45, 2.75) is 55.2 Å². The van der Waals surface area contributed by atoms with Crippen molar-refractivity contribution in [3.05, 3.63) is 46.2 Å². The van der Waals surface area contributed by atoms with E-state index in [1.165, 1.54) is 33.6 Å². The summed E-state index contributed by atoms with van der Waals surface area (Å²) in [6, 6.07) is 8.45. The Morgan fingerprint density at radius 3 is 2.55 bits per heavy atom. The van der Waals surface area contributed by atoms with E-state index in [0.29, 0.717) is 11.6 Å². The molecule has 1 atom stereocenters. The first-order valence-electron chi connectivity index (χ1n) is 9.36. The summed E-state index contributed by atoms with van der Waals surface area (Å²) in [6.07, 6.45) is 0.695. The summed E-state index contributed by atoms with van der Waals surface area (Å²) in [5.41, 5.74) is 2.20. The standard InChI is InChI=1S/C20H25N5OS3/c1-6-16(18(26)22-19-21-13(3)14(4)28-19)29-20-24-23-17(25(20)5)11-27-15-9-7-12(2)8-10-15/h7-10,16H,6,11H2,1-5H3,(H,21,22,26). The second-order valence-corrected chi connectivity index (χ2v) is 10.1. The second kappa shape index (κ2) is 9.77. The average molecular weight is 448 g/mol. The predicted octanol–water partition coefficient (Wildman–Crippen LogP) is 5.00. The van der Waals surface area contributed by atoms with E-state index < -0.39 is 0 Å². The maximum atomic E-state index is 12.7. The largest absolute Gasteiger partial charge is 0.308 e. The molecule has 0 spiro atoms. The molecule has 0 fully saturated rings. The van der Waals surface area contributed by atoms with Gasteiger partial charge in [0.2, 0.25) is 5.91 Å². The van der Waals surface area contributed by atoms with E-state index >= 15 is 0 Å². The molecule has 1 aromatic carbocycles. The Morgan fingerprint density at radius 1 is 1.21 bits per heavy atom. The van der Waals surface area contributed by atoms with Crippen molar-refractivity contribution < 1.29 is 4.79 Å². The number of rotatable bonds is 8. The Labute approximate surface area is 183 Å². The van der Waals surface area contributed by atoms with Crippen molar-refractivity contribution in [2.24, 2.45) is 7.05 Å². The van der Waals surface area contributed by atoms with Gasteiger partial charge >= 0.3 is 0 Å². The van der Waals surface area contributed by atoms with E-state index in [1.807, 2.05) is 32.4 Å². The molecule has 0 radical (unpaired) electrons. The lowest BCUT2D eigenvalue weighted by atomic mass is 10.2. The molecule has 1 amide bonds. The highest BCUT2D eigenvalue weighted by Gasteiger charge is 2.22. The number of thiazole rings is 1. The van der Waals surface area contributed by atoms with Crippen molar-refractivity contribution in [3.63, 3.8) is 0 Å². The van der Waals surface area contributed by atoms with Gasteiger partial charge in [-0.25, -0.2) is 4.98 Å². The lowest BCUT2D eigenvalue weighted by molar-refractivity contribution is -0.115. The highest BCUT2D eigenvalue weighted by molar-refractivity contribution is 8.00. The molecular weight excluding hydrogens is 422 g/mol. The number of benzene rings is 1. The molecule has 154 valence electrons. The maximum Gasteiger partial charge on any atom is 0.239 e. The third-order valence-corrected chi connectivity index (χ3v) is 7.88. The van der Waals surface area contributed by atoms with Crippen LogP contribution < -0.4 is 5.32 Å². The van der Waals surface area contributed by atoms with Crippen molar-refractivity contribution in [1.29, 1.82) is 0 Å². The molecule has 3 aromatic rings. The number of thioether (sulfide) groups is 2. The Hall–Kier alpha value is -1.84. The zero-order valence-corrected chi connectivity index (χ0v) is 19.7. The number of hydrogen-bond donors (Lipinski definition) is 1. The van der Waals surface area contributed by atoms with Gasteiger partial charge in [-0.05, 0) is 39.3 Å². The molecule has 1 N–H and O–H groups in total. The van der Waals surface area contributed by atoms with Gasteiger partial charge in [0.25, 0.3) is 0 Å². The van der Waals surface area contributed by atoms with E-state index in [4.69, 9.17) is 0 Å². The third kappa shape index (κ3) is 5.61. The van der Waals surface area contributed by atoms with Crippen LogP contribution in [-0.4, -0.2) is 30.9 Å². The molecule has 9 heteroatoms. The van der Waals surface area contributed by atoms with Crippen molar-refractivity contribution >= 4 is 45.9 Å². The second-order valence-electron chi connectivity index (χ2n) is 6.72. The van der Waals surface area contributed by atoms with Gasteiger partial charge < -0.3 is 9.88 Å². The van der Waals surface area contributed by atoms with Gasteiger partial charge in [0.05, 0.1) is 16.7 Å². The molecule has 0 bridgehead atoms. The van der Waals surface area contributed by atoms with Crippen molar-refractivity contribution in [3.8, 4) is 0 Å². The monoisotopic (exact) mass is 447 g/mol. The summed E-state index contributed by atoms with van der Waals surface area (Å²) in [4.78, 5) is 19.4. The van der Waals surface area contributed by atoms with Gasteiger partial charge in [-0.1, -0.05) is 36.4 Å². The summed E-state index contributed by atoms with van der Waals surface area (Å²) >= 11 is 4.67. The fraction of sp³-hybridized carbons (Fsp3) is 0.400. The van der Waals surface area contributed by atoms with Crippen LogP contribution in [-0.2, 0) is 17.6 Å². The van der Waals surface area contributed by atoms with E-state index in [-0.39, 0.29) is 11.2 Å². The maximum absolute atomic E-state index is 12.7. The van der Waals surface area contributed by atoms with Crippen molar-refractivity contribution in [1.82, 2.24) is 19.7 Å². The SMILES string of the molecule is CCC(Sc1nnc(CSc2ccc(C)cc2)n1C)C(=O)Nc1nc(C)c(C)s1. The molecule has 2 heterocycles. The van der Waals surface area contributed by atoms with Gasteiger partial charge in [0, 0.05) is 16.8 Å². The molecule has 0 aliphatic rings. The first kappa shape index (κ1) is 21.9. The normalized spacial score (nSPS) is 12.2. The fourth-order valence-corrected chi connectivity index (χ4v) is 5.15. The molecule has 0 aliphatic carbocycles. The highest BCUT2D eigenvalue weighted by atomic mass is 32.2. The van der Waals surface area contributed by atoms with Crippen LogP contribution in [0.1, 0.15) is 35.3 Å². The highest BCUT2D eigenvalue weighted by Crippen LogP contribution is 2.28. The van der Waals surface area contributed by atoms with Gasteiger partial charge in [0.15, 0.2) is 10.3 Å². The van der Waals surface area contributed by atoms with Gasteiger partial charge in [-0.3, -0.25) is 4.79 Å². The first-order valence-corrected chi connectivity index (χ1v) is 12.0. The molecule has 6 nitrogen and oxygen atoms in total. The van der Waals surface area contributed by atoms with Crippen LogP contribution in [0, 0.1) is 20.8 Å².